The third kappa shape index (κ3) is 4.24. The fraction of sp³-hybridized carbons (Fsp3) is 0.278. The average molecular weight is 410 g/mol. The second kappa shape index (κ2) is 8.44. The van der Waals surface area contributed by atoms with Crippen molar-refractivity contribution in [3.63, 3.8) is 0 Å². The molecule has 2 aromatic carbocycles. The van der Waals surface area contributed by atoms with Gasteiger partial charge in [0.2, 0.25) is 0 Å². The first-order chi connectivity index (χ1) is 11.5. The van der Waals surface area contributed by atoms with E-state index in [1.54, 1.807) is 37.9 Å². The molecule has 6 heteroatoms. The van der Waals surface area contributed by atoms with Crippen molar-refractivity contribution < 1.29 is 14.3 Å². The first kappa shape index (κ1) is 18.7. The van der Waals surface area contributed by atoms with Crippen molar-refractivity contribution in [2.45, 2.75) is 11.4 Å². The smallest absolute Gasteiger partial charge is 0.257 e. The lowest BCUT2D eigenvalue weighted by Crippen LogP contribution is -2.26. The monoisotopic (exact) mass is 409 g/mol. The molecule has 0 aliphatic carbocycles. The van der Waals surface area contributed by atoms with Gasteiger partial charge in [-0.3, -0.25) is 4.79 Å². The average Bonchev–Trinajstić information content (AvgIpc) is 2.60. The molecule has 4 nitrogen and oxygen atoms in total. The van der Waals surface area contributed by atoms with Crippen molar-refractivity contribution in [3.05, 3.63) is 52.0 Å². The summed E-state index contributed by atoms with van der Waals surface area (Å²) in [4.78, 5) is 15.5. The summed E-state index contributed by atoms with van der Waals surface area (Å²) >= 11 is 5.06. The molecule has 0 aliphatic heterocycles. The molecule has 0 unspecified atom stereocenters. The fourth-order valence-corrected chi connectivity index (χ4v) is 3.22. The van der Waals surface area contributed by atoms with Crippen molar-refractivity contribution in [2.75, 3.05) is 27.5 Å². The molecule has 24 heavy (non-hydrogen) atoms. The van der Waals surface area contributed by atoms with Gasteiger partial charge in [-0.15, -0.1) is 11.8 Å². The van der Waals surface area contributed by atoms with E-state index in [0.29, 0.717) is 17.9 Å². The van der Waals surface area contributed by atoms with Crippen molar-refractivity contribution in [2.24, 2.45) is 0 Å². The van der Waals surface area contributed by atoms with E-state index in [2.05, 4.69) is 15.9 Å². The Morgan fingerprint density at radius 3 is 2.46 bits per heavy atom. The van der Waals surface area contributed by atoms with Crippen LogP contribution >= 0.6 is 27.7 Å². The fourth-order valence-electron chi connectivity index (χ4n) is 2.38. The Morgan fingerprint density at radius 1 is 1.12 bits per heavy atom. The van der Waals surface area contributed by atoms with Gasteiger partial charge in [-0.25, -0.2) is 0 Å². The predicted octanol–water partition coefficient (Wildman–Crippen LogP) is 4.46. The highest BCUT2D eigenvalue weighted by atomic mass is 79.9. The Labute approximate surface area is 155 Å². The van der Waals surface area contributed by atoms with E-state index in [1.165, 1.54) is 0 Å². The third-order valence-corrected chi connectivity index (χ3v) is 4.85. The van der Waals surface area contributed by atoms with E-state index in [0.717, 1.165) is 20.7 Å². The van der Waals surface area contributed by atoms with E-state index < -0.39 is 0 Å². The van der Waals surface area contributed by atoms with Crippen molar-refractivity contribution in [1.82, 2.24) is 4.90 Å². The molecule has 0 atom stereocenters. The molecule has 0 saturated carbocycles. The highest BCUT2D eigenvalue weighted by molar-refractivity contribution is 9.10. The lowest BCUT2D eigenvalue weighted by atomic mass is 10.1. The van der Waals surface area contributed by atoms with Gasteiger partial charge in [0.1, 0.15) is 11.5 Å². The molecule has 0 spiro atoms. The lowest BCUT2D eigenvalue weighted by Gasteiger charge is -2.20. The number of carbonyl (C=O) groups excluding carboxylic acids is 1. The van der Waals surface area contributed by atoms with Crippen LogP contribution in [0.15, 0.2) is 45.8 Å². The molecule has 0 aromatic heterocycles. The molecule has 0 fully saturated rings. The van der Waals surface area contributed by atoms with Crippen LogP contribution in [0.2, 0.25) is 0 Å². The summed E-state index contributed by atoms with van der Waals surface area (Å²) in [5, 5.41) is 0. The summed E-state index contributed by atoms with van der Waals surface area (Å²) < 4.78 is 11.7. The highest BCUT2D eigenvalue weighted by Crippen LogP contribution is 2.28. The summed E-state index contributed by atoms with van der Waals surface area (Å²) in [5.41, 5.74) is 1.48. The molecule has 2 aromatic rings. The molecule has 0 radical (unpaired) electrons. The maximum atomic E-state index is 12.8. The molecule has 2 rings (SSSR count). The zero-order valence-electron chi connectivity index (χ0n) is 14.1. The number of rotatable bonds is 6. The van der Waals surface area contributed by atoms with Crippen LogP contribution in [0, 0.1) is 0 Å². The Morgan fingerprint density at radius 2 is 1.83 bits per heavy atom. The van der Waals surface area contributed by atoms with Crippen LogP contribution in [0.1, 0.15) is 15.9 Å². The Kier molecular flexibility index (Phi) is 6.57. The minimum absolute atomic E-state index is 0.0958. The number of halogens is 1. The molecule has 0 bridgehead atoms. The number of benzene rings is 2. The summed E-state index contributed by atoms with van der Waals surface area (Å²) in [6, 6.07) is 11.4. The molecule has 0 heterocycles. The van der Waals surface area contributed by atoms with E-state index >= 15 is 0 Å². The first-order valence-electron chi connectivity index (χ1n) is 7.30. The number of carbonyl (C=O) groups is 1. The van der Waals surface area contributed by atoms with Crippen molar-refractivity contribution in [3.8, 4) is 11.5 Å². The zero-order chi connectivity index (χ0) is 17.7. The molecule has 1 amide bonds. The largest absolute Gasteiger partial charge is 0.496 e. The van der Waals surface area contributed by atoms with Gasteiger partial charge >= 0.3 is 0 Å². The molecule has 0 saturated heterocycles. The maximum Gasteiger partial charge on any atom is 0.257 e. The van der Waals surface area contributed by atoms with E-state index in [-0.39, 0.29) is 5.91 Å². The highest BCUT2D eigenvalue weighted by Gasteiger charge is 2.18. The summed E-state index contributed by atoms with van der Waals surface area (Å²) in [5.74, 6) is 1.24. The zero-order valence-corrected chi connectivity index (χ0v) is 16.5. The molecule has 0 aliphatic rings. The van der Waals surface area contributed by atoms with E-state index in [1.807, 2.05) is 42.7 Å². The number of hydrogen-bond acceptors (Lipinski definition) is 4. The Hall–Kier alpha value is -1.66. The molecule has 0 N–H and O–H groups in total. The summed E-state index contributed by atoms with van der Waals surface area (Å²) in [6.07, 6.45) is 1.99. The van der Waals surface area contributed by atoms with Gasteiger partial charge < -0.3 is 14.4 Å². The summed E-state index contributed by atoms with van der Waals surface area (Å²) in [7, 11) is 4.97. The first-order valence-corrected chi connectivity index (χ1v) is 9.31. The minimum Gasteiger partial charge on any atom is -0.496 e. The van der Waals surface area contributed by atoms with Crippen molar-refractivity contribution >= 4 is 33.6 Å². The normalized spacial score (nSPS) is 10.4. The lowest BCUT2D eigenvalue weighted by molar-refractivity contribution is 0.0780. The van der Waals surface area contributed by atoms with Crippen LogP contribution in [0.3, 0.4) is 0 Å². The second-order valence-electron chi connectivity index (χ2n) is 5.18. The van der Waals surface area contributed by atoms with Crippen LogP contribution in [-0.4, -0.2) is 38.3 Å². The standard InChI is InChI=1S/C18H20BrNO3S/c1-20(11-12-9-13(19)5-8-16(12)22-2)18(21)15-7-6-14(24-4)10-17(15)23-3/h5-10H,11H2,1-4H3. The number of nitrogens with zero attached hydrogens (tertiary/aromatic N) is 1. The van der Waals surface area contributed by atoms with Gasteiger partial charge in [-0.1, -0.05) is 15.9 Å². The quantitative estimate of drug-likeness (QED) is 0.660. The minimum atomic E-state index is -0.0958. The maximum absolute atomic E-state index is 12.8. The molecular weight excluding hydrogens is 390 g/mol. The topological polar surface area (TPSA) is 38.8 Å². The Bertz CT molecular complexity index is 736. The van der Waals surface area contributed by atoms with Crippen molar-refractivity contribution in [1.29, 1.82) is 0 Å². The van der Waals surface area contributed by atoms with Gasteiger partial charge in [-0.2, -0.15) is 0 Å². The number of thioether (sulfide) groups is 1. The second-order valence-corrected chi connectivity index (χ2v) is 6.98. The van der Waals surface area contributed by atoms with Gasteiger partial charge in [0.05, 0.1) is 19.8 Å². The number of amides is 1. The predicted molar refractivity (Wildman–Crippen MR) is 101 cm³/mol. The van der Waals surface area contributed by atoms with Gasteiger partial charge in [0, 0.05) is 28.5 Å². The van der Waals surface area contributed by atoms with Crippen LogP contribution in [-0.2, 0) is 6.54 Å². The SMILES string of the molecule is COc1ccc(Br)cc1CN(C)C(=O)c1ccc(SC)cc1OC. The van der Waals surface area contributed by atoms with Gasteiger partial charge in [0.15, 0.2) is 0 Å². The van der Waals surface area contributed by atoms with Crippen LogP contribution in [0.4, 0.5) is 0 Å². The number of ether oxygens (including phenoxy) is 2. The molecular formula is C18H20BrNO3S. The number of hydrogen-bond donors (Lipinski definition) is 0. The van der Waals surface area contributed by atoms with Crippen LogP contribution < -0.4 is 9.47 Å². The van der Waals surface area contributed by atoms with E-state index in [4.69, 9.17) is 9.47 Å². The Balaban J connectivity index is 2.26. The van der Waals surface area contributed by atoms with Crippen LogP contribution in [0.25, 0.3) is 0 Å². The third-order valence-electron chi connectivity index (χ3n) is 3.64. The van der Waals surface area contributed by atoms with E-state index in [9.17, 15) is 4.79 Å². The summed E-state index contributed by atoms with van der Waals surface area (Å²) in [6.45, 7) is 0.439. The number of methoxy groups -OCH3 is 2. The van der Waals surface area contributed by atoms with Gasteiger partial charge in [-0.05, 0) is 42.7 Å². The van der Waals surface area contributed by atoms with Gasteiger partial charge in [0.25, 0.3) is 5.91 Å². The molecule has 128 valence electrons. The van der Waals surface area contributed by atoms with Crippen LogP contribution in [0.5, 0.6) is 11.5 Å².